The monoisotopic (exact) mass is 323 g/mol. The van der Waals surface area contributed by atoms with Gasteiger partial charge >= 0.3 is 0 Å². The second-order valence-corrected chi connectivity index (χ2v) is 6.23. The molecule has 0 fully saturated rings. The lowest BCUT2D eigenvalue weighted by atomic mass is 10.0. The molecule has 2 rings (SSSR count). The van der Waals surface area contributed by atoms with Crippen LogP contribution in [0.3, 0.4) is 0 Å². The molecule has 0 bridgehead atoms. The molecule has 0 saturated carbocycles. The molecular weight excluding hydrogens is 306 g/mol. The number of thiophene rings is 1. The maximum atomic E-state index is 3.57. The van der Waals surface area contributed by atoms with Crippen LogP contribution in [0.25, 0.3) is 0 Å². The summed E-state index contributed by atoms with van der Waals surface area (Å²) in [6, 6.07) is 13.4. The van der Waals surface area contributed by atoms with E-state index < -0.39 is 0 Å². The van der Waals surface area contributed by atoms with E-state index in [0.717, 1.165) is 23.9 Å². The number of aryl methyl sites for hydroxylation is 1. The average molecular weight is 324 g/mol. The molecule has 18 heavy (non-hydrogen) atoms. The van der Waals surface area contributed by atoms with Gasteiger partial charge < -0.3 is 5.32 Å². The molecule has 1 heterocycles. The summed E-state index contributed by atoms with van der Waals surface area (Å²) in [6.45, 7) is 3.16. The van der Waals surface area contributed by atoms with E-state index in [4.69, 9.17) is 0 Å². The lowest BCUT2D eigenvalue weighted by molar-refractivity contribution is 0.517. The van der Waals surface area contributed by atoms with Gasteiger partial charge in [-0.3, -0.25) is 0 Å². The number of hydrogen-bond donors (Lipinski definition) is 1. The van der Waals surface area contributed by atoms with Crippen LogP contribution in [0.4, 0.5) is 0 Å². The van der Waals surface area contributed by atoms with Gasteiger partial charge in [-0.1, -0.05) is 41.1 Å². The summed E-state index contributed by atoms with van der Waals surface area (Å²) in [6.07, 6.45) is 2.28. The first-order valence-electron chi connectivity index (χ1n) is 6.31. The number of nitrogens with one attached hydrogen (secondary N) is 1. The van der Waals surface area contributed by atoms with Crippen LogP contribution in [0.2, 0.25) is 0 Å². The Morgan fingerprint density at radius 3 is 2.83 bits per heavy atom. The maximum absolute atomic E-state index is 3.57. The van der Waals surface area contributed by atoms with Crippen LogP contribution in [0.15, 0.2) is 46.3 Å². The number of benzene rings is 1. The standard InChI is InChI=1S/C15H18BrNS/c1-2-17-15(9-8-14-7-4-10-18-14)12-5-3-6-13(16)11-12/h3-7,10-11,15,17H,2,8-9H2,1H3. The Balaban J connectivity index is 2.03. The van der Waals surface area contributed by atoms with Crippen molar-refractivity contribution in [2.24, 2.45) is 0 Å². The van der Waals surface area contributed by atoms with Crippen molar-refractivity contribution < 1.29 is 0 Å². The molecule has 0 radical (unpaired) electrons. The molecule has 1 N–H and O–H groups in total. The lowest BCUT2D eigenvalue weighted by Gasteiger charge is -2.18. The van der Waals surface area contributed by atoms with Gasteiger partial charge in [-0.2, -0.15) is 0 Å². The van der Waals surface area contributed by atoms with Gasteiger partial charge in [0.1, 0.15) is 0 Å². The highest BCUT2D eigenvalue weighted by Crippen LogP contribution is 2.23. The second kappa shape index (κ2) is 7.07. The van der Waals surface area contributed by atoms with E-state index in [1.165, 1.54) is 10.4 Å². The van der Waals surface area contributed by atoms with Gasteiger partial charge in [-0.25, -0.2) is 0 Å². The molecule has 1 atom stereocenters. The molecule has 0 spiro atoms. The van der Waals surface area contributed by atoms with E-state index in [9.17, 15) is 0 Å². The first kappa shape index (κ1) is 13.8. The molecule has 2 aromatic rings. The van der Waals surface area contributed by atoms with Gasteiger partial charge in [0.25, 0.3) is 0 Å². The molecular formula is C15H18BrNS. The Bertz CT molecular complexity index is 467. The number of halogens is 1. The fraction of sp³-hybridized carbons (Fsp3) is 0.333. The van der Waals surface area contributed by atoms with Crippen molar-refractivity contribution in [3.8, 4) is 0 Å². The minimum absolute atomic E-state index is 0.439. The second-order valence-electron chi connectivity index (χ2n) is 4.28. The Kier molecular flexibility index (Phi) is 5.42. The molecule has 0 aliphatic heterocycles. The SMILES string of the molecule is CCNC(CCc1cccs1)c1cccc(Br)c1. The van der Waals surface area contributed by atoms with Crippen LogP contribution in [0.1, 0.15) is 29.8 Å². The molecule has 96 valence electrons. The largest absolute Gasteiger partial charge is 0.310 e. The summed E-state index contributed by atoms with van der Waals surface area (Å²) < 4.78 is 1.15. The molecule has 0 aliphatic carbocycles. The summed E-state index contributed by atoms with van der Waals surface area (Å²) in [5.41, 5.74) is 1.36. The van der Waals surface area contributed by atoms with Crippen molar-refractivity contribution in [1.82, 2.24) is 5.32 Å². The van der Waals surface area contributed by atoms with Crippen LogP contribution >= 0.6 is 27.3 Å². The van der Waals surface area contributed by atoms with Crippen LogP contribution < -0.4 is 5.32 Å². The molecule has 1 aromatic carbocycles. The van der Waals surface area contributed by atoms with Crippen LogP contribution in [0, 0.1) is 0 Å². The Hall–Kier alpha value is -0.640. The molecule has 1 unspecified atom stereocenters. The Morgan fingerprint density at radius 1 is 1.28 bits per heavy atom. The highest BCUT2D eigenvalue weighted by molar-refractivity contribution is 9.10. The smallest absolute Gasteiger partial charge is 0.0323 e. The van der Waals surface area contributed by atoms with Crippen LogP contribution in [-0.4, -0.2) is 6.54 Å². The summed E-state index contributed by atoms with van der Waals surface area (Å²) in [5, 5.41) is 5.72. The van der Waals surface area contributed by atoms with Gasteiger partial charge in [0.2, 0.25) is 0 Å². The molecule has 1 aromatic heterocycles. The van der Waals surface area contributed by atoms with Gasteiger partial charge in [0.05, 0.1) is 0 Å². The van der Waals surface area contributed by atoms with Crippen molar-refractivity contribution >= 4 is 27.3 Å². The van der Waals surface area contributed by atoms with E-state index in [0.29, 0.717) is 6.04 Å². The van der Waals surface area contributed by atoms with E-state index in [2.05, 4.69) is 69.9 Å². The summed E-state index contributed by atoms with van der Waals surface area (Å²) in [5.74, 6) is 0. The van der Waals surface area contributed by atoms with Gasteiger partial charge in [0, 0.05) is 15.4 Å². The number of hydrogen-bond acceptors (Lipinski definition) is 2. The van der Waals surface area contributed by atoms with E-state index >= 15 is 0 Å². The summed E-state index contributed by atoms with van der Waals surface area (Å²) in [4.78, 5) is 1.47. The molecule has 1 nitrogen and oxygen atoms in total. The molecule has 0 aliphatic rings. The Morgan fingerprint density at radius 2 is 2.17 bits per heavy atom. The predicted molar refractivity (Wildman–Crippen MR) is 83.2 cm³/mol. The van der Waals surface area contributed by atoms with Gasteiger partial charge in [0.15, 0.2) is 0 Å². The topological polar surface area (TPSA) is 12.0 Å². The minimum Gasteiger partial charge on any atom is -0.310 e. The van der Waals surface area contributed by atoms with Crippen molar-refractivity contribution in [2.75, 3.05) is 6.54 Å². The molecule has 3 heteroatoms. The zero-order valence-corrected chi connectivity index (χ0v) is 12.9. The van der Waals surface area contributed by atoms with Gasteiger partial charge in [-0.15, -0.1) is 11.3 Å². The summed E-state index contributed by atoms with van der Waals surface area (Å²) >= 11 is 5.39. The van der Waals surface area contributed by atoms with Crippen molar-refractivity contribution in [2.45, 2.75) is 25.8 Å². The van der Waals surface area contributed by atoms with Crippen LogP contribution in [-0.2, 0) is 6.42 Å². The zero-order valence-electron chi connectivity index (χ0n) is 10.5. The Labute approximate surface area is 121 Å². The highest BCUT2D eigenvalue weighted by Gasteiger charge is 2.10. The third-order valence-corrected chi connectivity index (χ3v) is 4.39. The van der Waals surface area contributed by atoms with E-state index in [1.807, 2.05) is 11.3 Å². The first-order valence-corrected chi connectivity index (χ1v) is 7.98. The number of rotatable bonds is 6. The zero-order chi connectivity index (χ0) is 12.8. The van der Waals surface area contributed by atoms with Gasteiger partial charge in [-0.05, 0) is 48.5 Å². The van der Waals surface area contributed by atoms with Crippen molar-refractivity contribution in [3.63, 3.8) is 0 Å². The van der Waals surface area contributed by atoms with Crippen LogP contribution in [0.5, 0.6) is 0 Å². The normalized spacial score (nSPS) is 12.6. The predicted octanol–water partition coefficient (Wildman–Crippen LogP) is 4.79. The first-order chi connectivity index (χ1) is 8.79. The third kappa shape index (κ3) is 3.94. The highest BCUT2D eigenvalue weighted by atomic mass is 79.9. The molecule has 0 saturated heterocycles. The third-order valence-electron chi connectivity index (χ3n) is 2.96. The summed E-state index contributed by atoms with van der Waals surface area (Å²) in [7, 11) is 0. The lowest BCUT2D eigenvalue weighted by Crippen LogP contribution is -2.21. The van der Waals surface area contributed by atoms with E-state index in [-0.39, 0.29) is 0 Å². The van der Waals surface area contributed by atoms with E-state index in [1.54, 1.807) is 0 Å². The molecule has 0 amide bonds. The minimum atomic E-state index is 0.439. The average Bonchev–Trinajstić information content (AvgIpc) is 2.87. The van der Waals surface area contributed by atoms with Crippen molar-refractivity contribution in [1.29, 1.82) is 0 Å². The quantitative estimate of drug-likeness (QED) is 0.805. The fourth-order valence-corrected chi connectivity index (χ4v) is 3.24. The van der Waals surface area contributed by atoms with Crippen molar-refractivity contribution in [3.05, 3.63) is 56.7 Å². The maximum Gasteiger partial charge on any atom is 0.0323 e. The fourth-order valence-electron chi connectivity index (χ4n) is 2.10.